The Labute approximate surface area is 138 Å². The fourth-order valence-corrected chi connectivity index (χ4v) is 2.81. The summed E-state index contributed by atoms with van der Waals surface area (Å²) in [6, 6.07) is 9.71. The summed E-state index contributed by atoms with van der Waals surface area (Å²) in [5, 5.41) is 0. The molecule has 2 heterocycles. The minimum atomic E-state index is -0.527. The predicted octanol–water partition coefficient (Wildman–Crippen LogP) is 5.24. The molecule has 0 aliphatic rings. The molecule has 0 aliphatic heterocycles. The summed E-state index contributed by atoms with van der Waals surface area (Å²) in [5.74, 6) is -1.05. The standard InChI is InChI=1S/C15H10BrF2N3S/c16-10-6-12(18)14(7-11(10)17)21-22-9-5-15(20-8-9)13-3-1-2-4-19-13/h1-8,20-21H. The molecule has 3 nitrogen and oxygen atoms in total. The SMILES string of the molecule is Fc1cc(NSc2c[nH]c(-c3ccccn3)c2)c(F)cc1Br. The van der Waals surface area contributed by atoms with Gasteiger partial charge in [-0.25, -0.2) is 8.78 Å². The zero-order chi connectivity index (χ0) is 15.5. The summed E-state index contributed by atoms with van der Waals surface area (Å²) < 4.78 is 30.0. The van der Waals surface area contributed by atoms with E-state index >= 15 is 0 Å². The number of benzene rings is 1. The third-order valence-corrected chi connectivity index (χ3v) is 4.29. The van der Waals surface area contributed by atoms with Crippen molar-refractivity contribution in [3.8, 4) is 11.4 Å². The first-order valence-electron chi connectivity index (χ1n) is 6.31. The van der Waals surface area contributed by atoms with Crippen LogP contribution in [-0.4, -0.2) is 9.97 Å². The Kier molecular flexibility index (Phi) is 4.44. The number of nitrogens with one attached hydrogen (secondary N) is 2. The second-order valence-corrected chi connectivity index (χ2v) is 6.15. The predicted molar refractivity (Wildman–Crippen MR) is 87.6 cm³/mol. The third-order valence-electron chi connectivity index (χ3n) is 2.89. The van der Waals surface area contributed by atoms with E-state index in [9.17, 15) is 8.78 Å². The normalized spacial score (nSPS) is 10.7. The second kappa shape index (κ2) is 6.50. The minimum absolute atomic E-state index is 0.0892. The van der Waals surface area contributed by atoms with Gasteiger partial charge in [-0.2, -0.15) is 0 Å². The monoisotopic (exact) mass is 381 g/mol. The number of aromatic nitrogens is 2. The molecule has 3 aromatic rings. The number of nitrogens with zero attached hydrogens (tertiary/aromatic N) is 1. The van der Waals surface area contributed by atoms with Gasteiger partial charge in [-0.05, 0) is 52.1 Å². The molecule has 2 aromatic heterocycles. The Morgan fingerprint density at radius 3 is 2.77 bits per heavy atom. The molecule has 1 aromatic carbocycles. The van der Waals surface area contributed by atoms with Gasteiger partial charge in [0.1, 0.15) is 11.6 Å². The quantitative estimate of drug-likeness (QED) is 0.479. The van der Waals surface area contributed by atoms with Crippen LogP contribution >= 0.6 is 27.9 Å². The molecule has 2 N–H and O–H groups in total. The van der Waals surface area contributed by atoms with E-state index in [1.165, 1.54) is 11.9 Å². The van der Waals surface area contributed by atoms with Gasteiger partial charge in [0.2, 0.25) is 0 Å². The number of halogens is 3. The Balaban J connectivity index is 1.73. The third kappa shape index (κ3) is 3.31. The van der Waals surface area contributed by atoms with Gasteiger partial charge < -0.3 is 9.71 Å². The van der Waals surface area contributed by atoms with Gasteiger partial charge >= 0.3 is 0 Å². The van der Waals surface area contributed by atoms with Crippen LogP contribution in [0.25, 0.3) is 11.4 Å². The van der Waals surface area contributed by atoms with Crippen LogP contribution < -0.4 is 4.72 Å². The van der Waals surface area contributed by atoms with E-state index in [2.05, 4.69) is 30.6 Å². The smallest absolute Gasteiger partial charge is 0.148 e. The van der Waals surface area contributed by atoms with Crippen LogP contribution in [0, 0.1) is 11.6 Å². The van der Waals surface area contributed by atoms with Crippen molar-refractivity contribution in [1.82, 2.24) is 9.97 Å². The summed E-state index contributed by atoms with van der Waals surface area (Å²) in [5.41, 5.74) is 1.76. The Morgan fingerprint density at radius 2 is 2.00 bits per heavy atom. The van der Waals surface area contributed by atoms with Gasteiger partial charge in [-0.3, -0.25) is 4.98 Å². The van der Waals surface area contributed by atoms with Gasteiger partial charge in [0.15, 0.2) is 0 Å². The number of rotatable bonds is 4. The molecular formula is C15H10BrF2N3S. The van der Waals surface area contributed by atoms with Crippen molar-refractivity contribution in [2.75, 3.05) is 4.72 Å². The minimum Gasteiger partial charge on any atom is -0.359 e. The van der Waals surface area contributed by atoms with Crippen LogP contribution in [0.15, 0.2) is 58.2 Å². The summed E-state index contributed by atoms with van der Waals surface area (Å²) in [6.45, 7) is 0. The maximum Gasteiger partial charge on any atom is 0.148 e. The largest absolute Gasteiger partial charge is 0.359 e. The fourth-order valence-electron chi connectivity index (χ4n) is 1.82. The number of pyridine rings is 1. The topological polar surface area (TPSA) is 40.7 Å². The van der Waals surface area contributed by atoms with E-state index in [0.29, 0.717) is 0 Å². The lowest BCUT2D eigenvalue weighted by atomic mass is 10.3. The maximum absolute atomic E-state index is 13.7. The number of hydrogen-bond acceptors (Lipinski definition) is 3. The van der Waals surface area contributed by atoms with Crippen molar-refractivity contribution in [3.05, 3.63) is 64.9 Å². The van der Waals surface area contributed by atoms with E-state index in [4.69, 9.17) is 0 Å². The van der Waals surface area contributed by atoms with Crippen molar-refractivity contribution in [3.63, 3.8) is 0 Å². The molecule has 0 atom stereocenters. The first-order chi connectivity index (χ1) is 10.6. The zero-order valence-electron chi connectivity index (χ0n) is 11.1. The van der Waals surface area contributed by atoms with Gasteiger partial charge in [0, 0.05) is 23.4 Å². The maximum atomic E-state index is 13.7. The van der Waals surface area contributed by atoms with Gasteiger partial charge in [0.05, 0.1) is 21.5 Å². The lowest BCUT2D eigenvalue weighted by Crippen LogP contribution is -1.92. The zero-order valence-corrected chi connectivity index (χ0v) is 13.5. The van der Waals surface area contributed by atoms with Crippen LogP contribution in [-0.2, 0) is 0 Å². The molecule has 22 heavy (non-hydrogen) atoms. The average molecular weight is 382 g/mol. The molecule has 0 unspecified atom stereocenters. The molecule has 3 rings (SSSR count). The highest BCUT2D eigenvalue weighted by atomic mass is 79.9. The molecule has 0 bridgehead atoms. The van der Waals surface area contributed by atoms with Crippen molar-refractivity contribution in [1.29, 1.82) is 0 Å². The molecule has 0 radical (unpaired) electrons. The van der Waals surface area contributed by atoms with E-state index in [0.717, 1.165) is 28.4 Å². The molecule has 0 spiro atoms. The van der Waals surface area contributed by atoms with Crippen LogP contribution in [0.2, 0.25) is 0 Å². The lowest BCUT2D eigenvalue weighted by molar-refractivity contribution is 0.598. The molecule has 7 heteroatoms. The summed E-state index contributed by atoms with van der Waals surface area (Å²) >= 11 is 4.13. The fraction of sp³-hybridized carbons (Fsp3) is 0. The highest BCUT2D eigenvalue weighted by Crippen LogP contribution is 2.29. The summed E-state index contributed by atoms with van der Waals surface area (Å²) in [7, 11) is 0. The first-order valence-corrected chi connectivity index (χ1v) is 7.91. The highest BCUT2D eigenvalue weighted by Gasteiger charge is 2.09. The molecular weight excluding hydrogens is 372 g/mol. The number of hydrogen-bond donors (Lipinski definition) is 2. The van der Waals surface area contributed by atoms with Crippen molar-refractivity contribution in [2.24, 2.45) is 0 Å². The Morgan fingerprint density at radius 1 is 1.14 bits per heavy atom. The van der Waals surface area contributed by atoms with Crippen LogP contribution in [0.3, 0.4) is 0 Å². The Bertz CT molecular complexity index is 793. The van der Waals surface area contributed by atoms with Crippen LogP contribution in [0.1, 0.15) is 0 Å². The lowest BCUT2D eigenvalue weighted by Gasteiger charge is -2.06. The molecule has 0 aliphatic carbocycles. The highest BCUT2D eigenvalue weighted by molar-refractivity contribution is 9.10. The number of anilines is 1. The van der Waals surface area contributed by atoms with Crippen molar-refractivity contribution < 1.29 is 8.78 Å². The van der Waals surface area contributed by atoms with E-state index in [1.807, 2.05) is 24.3 Å². The summed E-state index contributed by atoms with van der Waals surface area (Å²) in [4.78, 5) is 8.17. The molecule has 112 valence electrons. The summed E-state index contributed by atoms with van der Waals surface area (Å²) in [6.07, 6.45) is 3.48. The van der Waals surface area contributed by atoms with Crippen LogP contribution in [0.5, 0.6) is 0 Å². The van der Waals surface area contributed by atoms with Gasteiger partial charge in [0.25, 0.3) is 0 Å². The van der Waals surface area contributed by atoms with Crippen LogP contribution in [0.4, 0.5) is 14.5 Å². The first kappa shape index (κ1) is 15.1. The van der Waals surface area contributed by atoms with Gasteiger partial charge in [-0.15, -0.1) is 0 Å². The van der Waals surface area contributed by atoms with E-state index in [1.54, 1.807) is 12.4 Å². The number of aromatic amines is 1. The van der Waals surface area contributed by atoms with Crippen molar-refractivity contribution >= 4 is 33.6 Å². The van der Waals surface area contributed by atoms with Crippen molar-refractivity contribution in [2.45, 2.75) is 4.90 Å². The number of H-pyrrole nitrogens is 1. The molecule has 0 fully saturated rings. The average Bonchev–Trinajstić information content (AvgIpc) is 2.99. The molecule has 0 amide bonds. The van der Waals surface area contributed by atoms with Gasteiger partial charge in [-0.1, -0.05) is 6.07 Å². The second-order valence-electron chi connectivity index (χ2n) is 4.41. The molecule has 0 saturated heterocycles. The Hall–Kier alpha value is -1.86. The van der Waals surface area contributed by atoms with E-state index in [-0.39, 0.29) is 10.2 Å². The molecule has 0 saturated carbocycles. The van der Waals surface area contributed by atoms with E-state index < -0.39 is 11.6 Å².